The Kier molecular flexibility index (Phi) is 3.33. The van der Waals surface area contributed by atoms with E-state index in [4.69, 9.17) is 0 Å². The lowest BCUT2D eigenvalue weighted by Crippen LogP contribution is -2.03. The van der Waals surface area contributed by atoms with Crippen molar-refractivity contribution in [1.82, 2.24) is 5.32 Å². The first kappa shape index (κ1) is 9.48. The zero-order chi connectivity index (χ0) is 8.32. The Bertz CT molecular complexity index is 127. The summed E-state index contributed by atoms with van der Waals surface area (Å²) in [6, 6.07) is 0.831. The van der Waals surface area contributed by atoms with E-state index in [1.54, 1.807) is 0 Å². The van der Waals surface area contributed by atoms with Gasteiger partial charge in [-0.15, -0.1) is 0 Å². The lowest BCUT2D eigenvalue weighted by Gasteiger charge is -2.06. The van der Waals surface area contributed by atoms with Crippen LogP contribution in [-0.2, 0) is 0 Å². The Morgan fingerprint density at radius 2 is 2.18 bits per heavy atom. The molecule has 0 aromatic carbocycles. The van der Waals surface area contributed by atoms with Gasteiger partial charge in [0.2, 0.25) is 0 Å². The zero-order valence-corrected chi connectivity index (χ0v) is 8.91. The van der Waals surface area contributed by atoms with E-state index < -0.39 is 0 Å². The summed E-state index contributed by atoms with van der Waals surface area (Å²) in [4.78, 5) is 0. The average Bonchev–Trinajstić information content (AvgIpc) is 2.63. The number of nitrogens with one attached hydrogen (secondary N) is 1. The van der Waals surface area contributed by atoms with Crippen molar-refractivity contribution in [2.45, 2.75) is 51.4 Å². The summed E-state index contributed by atoms with van der Waals surface area (Å²) in [7, 11) is 1.14. The Morgan fingerprint density at radius 1 is 1.45 bits per heavy atom. The lowest BCUT2D eigenvalue weighted by molar-refractivity contribution is 0.839. The van der Waals surface area contributed by atoms with Crippen molar-refractivity contribution in [2.24, 2.45) is 0 Å². The van der Waals surface area contributed by atoms with E-state index in [1.807, 2.05) is 0 Å². The molecule has 1 rings (SSSR count). The maximum absolute atomic E-state index is 3.57. The highest BCUT2D eigenvalue weighted by atomic mass is 31.1. The second-order valence-electron chi connectivity index (χ2n) is 3.59. The van der Waals surface area contributed by atoms with Crippen LogP contribution in [0.15, 0.2) is 0 Å². The first-order valence-electron chi connectivity index (χ1n) is 4.75. The van der Waals surface area contributed by atoms with E-state index in [1.165, 1.54) is 25.4 Å². The molecule has 0 aromatic heterocycles. The molecule has 66 valence electrons. The van der Waals surface area contributed by atoms with Gasteiger partial charge < -0.3 is 5.32 Å². The number of hydrogen-bond donors (Lipinski definition) is 1. The van der Waals surface area contributed by atoms with Crippen molar-refractivity contribution in [2.75, 3.05) is 6.16 Å². The molecular weight excluding hydrogens is 153 g/mol. The smallest absolute Gasteiger partial charge is 0.0480 e. The molecule has 1 heterocycles. The minimum atomic E-state index is 0.546. The molecule has 11 heavy (non-hydrogen) atoms. The highest BCUT2D eigenvalue weighted by Crippen LogP contribution is 2.44. The normalized spacial score (nSPS) is 36.8. The molecule has 2 heteroatoms. The van der Waals surface area contributed by atoms with Crippen LogP contribution in [0.1, 0.15) is 40.0 Å². The molecule has 0 saturated carbocycles. The highest BCUT2D eigenvalue weighted by molar-refractivity contribution is 7.40. The summed E-state index contributed by atoms with van der Waals surface area (Å²) in [5.41, 5.74) is 0. The van der Waals surface area contributed by atoms with Crippen molar-refractivity contribution in [3.8, 4) is 0 Å². The van der Waals surface area contributed by atoms with Crippen LogP contribution >= 0.6 is 8.58 Å². The molecule has 3 unspecified atom stereocenters. The maximum Gasteiger partial charge on any atom is 0.0480 e. The van der Waals surface area contributed by atoms with Gasteiger partial charge in [0.05, 0.1) is 0 Å². The van der Waals surface area contributed by atoms with Gasteiger partial charge in [0.1, 0.15) is 0 Å². The zero-order valence-electron chi connectivity index (χ0n) is 7.91. The van der Waals surface area contributed by atoms with Gasteiger partial charge >= 0.3 is 0 Å². The molecule has 1 aliphatic rings. The summed E-state index contributed by atoms with van der Waals surface area (Å²) in [6.07, 6.45) is 5.48. The van der Waals surface area contributed by atoms with Gasteiger partial charge in [0.25, 0.3) is 0 Å². The van der Waals surface area contributed by atoms with Crippen molar-refractivity contribution in [3.63, 3.8) is 0 Å². The highest BCUT2D eigenvalue weighted by Gasteiger charge is 2.46. The Hall–Kier alpha value is 0.390. The van der Waals surface area contributed by atoms with Crippen LogP contribution in [0.25, 0.3) is 0 Å². The van der Waals surface area contributed by atoms with Gasteiger partial charge in [0.15, 0.2) is 0 Å². The van der Waals surface area contributed by atoms with Crippen LogP contribution in [0.2, 0.25) is 0 Å². The summed E-state index contributed by atoms with van der Waals surface area (Å²) >= 11 is 0. The van der Waals surface area contributed by atoms with Crippen LogP contribution in [-0.4, -0.2) is 17.5 Å². The average molecular weight is 173 g/mol. The molecule has 1 nitrogen and oxygen atoms in total. The van der Waals surface area contributed by atoms with E-state index in [9.17, 15) is 0 Å². The van der Waals surface area contributed by atoms with Gasteiger partial charge in [-0.2, -0.15) is 0 Å². The molecule has 1 N–H and O–H groups in total. The van der Waals surface area contributed by atoms with Crippen molar-refractivity contribution >= 4 is 8.58 Å². The first-order chi connectivity index (χ1) is 5.23. The van der Waals surface area contributed by atoms with Crippen LogP contribution in [0.4, 0.5) is 0 Å². The van der Waals surface area contributed by atoms with Crippen molar-refractivity contribution in [1.29, 1.82) is 0 Å². The van der Waals surface area contributed by atoms with E-state index in [0.29, 0.717) is 5.28 Å². The largest absolute Gasteiger partial charge is 0.302 e. The van der Waals surface area contributed by atoms with E-state index in [2.05, 4.69) is 26.1 Å². The Labute approximate surface area is 72.1 Å². The predicted octanol–water partition coefficient (Wildman–Crippen LogP) is 2.56. The fraction of sp³-hybridized carbons (Fsp3) is 1.00. The van der Waals surface area contributed by atoms with Crippen molar-refractivity contribution < 1.29 is 0 Å². The molecule has 1 fully saturated rings. The third-order valence-electron chi connectivity index (χ3n) is 2.52. The standard InChI is InChI=1S/C9H20NP/c1-4-6-7-11-9(3)8(5-2)10-9/h8,10-11H,4-7H2,1-3H3. The summed E-state index contributed by atoms with van der Waals surface area (Å²) in [5, 5.41) is 4.11. The lowest BCUT2D eigenvalue weighted by atomic mass is 10.3. The predicted molar refractivity (Wildman–Crippen MR) is 53.7 cm³/mol. The van der Waals surface area contributed by atoms with E-state index in [-0.39, 0.29) is 0 Å². The van der Waals surface area contributed by atoms with Crippen LogP contribution in [0.5, 0.6) is 0 Å². The van der Waals surface area contributed by atoms with Gasteiger partial charge in [0, 0.05) is 11.3 Å². The minimum Gasteiger partial charge on any atom is -0.302 e. The molecule has 0 amide bonds. The van der Waals surface area contributed by atoms with E-state index in [0.717, 1.165) is 14.6 Å². The van der Waals surface area contributed by atoms with Crippen molar-refractivity contribution in [3.05, 3.63) is 0 Å². The van der Waals surface area contributed by atoms with E-state index >= 15 is 0 Å². The Balaban J connectivity index is 2.08. The number of hydrogen-bond acceptors (Lipinski definition) is 1. The van der Waals surface area contributed by atoms with Crippen LogP contribution in [0, 0.1) is 0 Å². The summed E-state index contributed by atoms with van der Waals surface area (Å²) in [5.74, 6) is 0. The fourth-order valence-corrected chi connectivity index (χ4v) is 3.31. The third-order valence-corrected chi connectivity index (χ3v) is 4.35. The van der Waals surface area contributed by atoms with Crippen LogP contribution < -0.4 is 5.32 Å². The topological polar surface area (TPSA) is 21.9 Å². The fourth-order valence-electron chi connectivity index (χ4n) is 1.53. The number of rotatable bonds is 5. The SMILES string of the molecule is CCCCPC1(C)NC1CC. The number of unbranched alkanes of at least 4 members (excludes halogenated alkanes) is 1. The second kappa shape index (κ2) is 3.87. The maximum atomic E-state index is 3.57. The molecule has 0 aromatic rings. The quantitative estimate of drug-likeness (QED) is 0.385. The van der Waals surface area contributed by atoms with Gasteiger partial charge in [-0.05, 0) is 25.9 Å². The molecule has 0 spiro atoms. The summed E-state index contributed by atoms with van der Waals surface area (Å²) < 4.78 is 0. The van der Waals surface area contributed by atoms with Gasteiger partial charge in [-0.25, -0.2) is 0 Å². The molecule has 0 aliphatic carbocycles. The molecule has 1 aliphatic heterocycles. The van der Waals surface area contributed by atoms with Gasteiger partial charge in [-0.3, -0.25) is 0 Å². The monoisotopic (exact) mass is 173 g/mol. The first-order valence-corrected chi connectivity index (χ1v) is 5.96. The molecule has 1 saturated heterocycles. The second-order valence-corrected chi connectivity index (χ2v) is 5.48. The molecule has 0 radical (unpaired) electrons. The molecule has 3 atom stereocenters. The summed E-state index contributed by atoms with van der Waals surface area (Å²) in [6.45, 7) is 6.91. The molecule has 0 bridgehead atoms. The van der Waals surface area contributed by atoms with Gasteiger partial charge in [-0.1, -0.05) is 28.8 Å². The molecular formula is C9H20NP. The minimum absolute atomic E-state index is 0.546. The third kappa shape index (κ3) is 2.42. The van der Waals surface area contributed by atoms with Crippen LogP contribution in [0.3, 0.4) is 0 Å². The Morgan fingerprint density at radius 3 is 2.64 bits per heavy atom.